The molecule has 0 fully saturated rings. The summed E-state index contributed by atoms with van der Waals surface area (Å²) in [6.07, 6.45) is -0.504. The van der Waals surface area contributed by atoms with Gasteiger partial charge in [0.15, 0.2) is 0 Å². The lowest BCUT2D eigenvalue weighted by Gasteiger charge is -2.22. The molecule has 3 amide bonds. The van der Waals surface area contributed by atoms with E-state index in [2.05, 4.69) is 10.6 Å². The Balaban J connectivity index is 1.67. The molecule has 0 aliphatic carbocycles. The first kappa shape index (κ1) is 16.3. The van der Waals surface area contributed by atoms with Gasteiger partial charge in [-0.3, -0.25) is 10.2 Å². The lowest BCUT2D eigenvalue weighted by Crippen LogP contribution is -2.52. The predicted octanol–water partition coefficient (Wildman–Crippen LogP) is 2.51. The zero-order chi connectivity index (χ0) is 17.1. The van der Waals surface area contributed by atoms with Gasteiger partial charge in [0.1, 0.15) is 5.71 Å². The van der Waals surface area contributed by atoms with Crippen molar-refractivity contribution in [3.63, 3.8) is 0 Å². The van der Waals surface area contributed by atoms with E-state index in [1.807, 2.05) is 17.5 Å². The van der Waals surface area contributed by atoms with Crippen LogP contribution in [-0.2, 0) is 9.63 Å². The van der Waals surface area contributed by atoms with E-state index in [4.69, 9.17) is 22.2 Å². The summed E-state index contributed by atoms with van der Waals surface area (Å²) in [6, 6.07) is 9.27. The van der Waals surface area contributed by atoms with Crippen molar-refractivity contribution >= 4 is 46.3 Å². The second kappa shape index (κ2) is 6.90. The summed E-state index contributed by atoms with van der Waals surface area (Å²) in [4.78, 5) is 30.1. The normalized spacial score (nSPS) is 16.2. The summed E-state index contributed by atoms with van der Waals surface area (Å²) >= 11 is 7.33. The number of oxime groups is 1. The van der Waals surface area contributed by atoms with Crippen LogP contribution in [0.4, 0.5) is 10.5 Å². The van der Waals surface area contributed by atoms with Crippen LogP contribution in [0.5, 0.6) is 0 Å². The van der Waals surface area contributed by atoms with E-state index in [1.54, 1.807) is 24.3 Å². The number of hydrogen-bond acceptors (Lipinski definition) is 5. The fourth-order valence-electron chi connectivity index (χ4n) is 2.13. The number of hydrazine groups is 1. The molecule has 1 aliphatic rings. The van der Waals surface area contributed by atoms with E-state index in [-0.39, 0.29) is 0 Å². The van der Waals surface area contributed by atoms with Gasteiger partial charge in [0.2, 0.25) is 6.10 Å². The smallest absolute Gasteiger partial charge is 0.338 e. The van der Waals surface area contributed by atoms with Gasteiger partial charge in [-0.25, -0.2) is 9.80 Å². The van der Waals surface area contributed by atoms with Gasteiger partial charge in [0.05, 0.1) is 10.6 Å². The lowest BCUT2D eigenvalue weighted by molar-refractivity contribution is -0.131. The van der Waals surface area contributed by atoms with Gasteiger partial charge in [-0.1, -0.05) is 22.8 Å². The highest BCUT2D eigenvalue weighted by atomic mass is 35.5. The van der Waals surface area contributed by atoms with E-state index in [0.717, 1.165) is 9.89 Å². The number of halogens is 1. The third kappa shape index (κ3) is 3.50. The molecule has 2 heterocycles. The Morgan fingerprint density at radius 2 is 2.08 bits per heavy atom. The average Bonchev–Trinajstić information content (AvgIpc) is 3.24. The fourth-order valence-corrected chi connectivity index (χ4v) is 2.97. The van der Waals surface area contributed by atoms with Gasteiger partial charge in [0, 0.05) is 11.4 Å². The van der Waals surface area contributed by atoms with Crippen molar-refractivity contribution in [3.8, 4) is 0 Å². The summed E-state index contributed by atoms with van der Waals surface area (Å²) in [6.45, 7) is 0. The Labute approximate surface area is 146 Å². The Morgan fingerprint density at radius 3 is 2.71 bits per heavy atom. The minimum Gasteiger partial charge on any atom is -0.382 e. The maximum atomic E-state index is 12.3. The van der Waals surface area contributed by atoms with E-state index < -0.39 is 18.0 Å². The first-order chi connectivity index (χ1) is 11.5. The van der Waals surface area contributed by atoms with Crippen molar-refractivity contribution in [1.82, 2.24) is 5.43 Å². The number of benzene rings is 1. The number of nitrogens with two attached hydrogens (primary N) is 1. The summed E-state index contributed by atoms with van der Waals surface area (Å²) in [5.74, 6) is -0.515. The lowest BCUT2D eigenvalue weighted by atomic mass is 10.1. The van der Waals surface area contributed by atoms with E-state index in [0.29, 0.717) is 22.8 Å². The summed E-state index contributed by atoms with van der Waals surface area (Å²) in [7, 11) is 0. The van der Waals surface area contributed by atoms with Crippen LogP contribution in [0, 0.1) is 0 Å². The first-order valence-electron chi connectivity index (χ1n) is 6.97. The quantitative estimate of drug-likeness (QED) is 0.819. The van der Waals surface area contributed by atoms with Crippen LogP contribution in [0.3, 0.4) is 0 Å². The Morgan fingerprint density at radius 1 is 1.33 bits per heavy atom. The van der Waals surface area contributed by atoms with E-state index in [9.17, 15) is 9.59 Å². The maximum absolute atomic E-state index is 12.3. The van der Waals surface area contributed by atoms with Crippen molar-refractivity contribution in [3.05, 3.63) is 51.7 Å². The number of primary amides is 1. The molecule has 124 valence electrons. The number of nitrogens with one attached hydrogen (secondary N) is 1. The van der Waals surface area contributed by atoms with Gasteiger partial charge >= 0.3 is 6.03 Å². The largest absolute Gasteiger partial charge is 0.382 e. The minimum atomic E-state index is -0.830. The molecule has 1 aliphatic heterocycles. The highest BCUT2D eigenvalue weighted by Crippen LogP contribution is 2.21. The maximum Gasteiger partial charge on any atom is 0.338 e. The van der Waals surface area contributed by atoms with Crippen LogP contribution < -0.4 is 16.2 Å². The molecule has 0 bridgehead atoms. The van der Waals surface area contributed by atoms with Crippen molar-refractivity contribution in [2.45, 2.75) is 12.5 Å². The molecule has 3 rings (SSSR count). The van der Waals surface area contributed by atoms with Crippen LogP contribution in [0.15, 0.2) is 46.9 Å². The Hall–Kier alpha value is -2.58. The topological polar surface area (TPSA) is 97.0 Å². The Bertz CT molecular complexity index is 777. The standard InChI is InChI=1S/C15H13ClN4O3S/c16-9-3-5-10(6-4-9)20(15(17)22)18-14(21)12-8-11(19-23-12)13-2-1-7-24-13/h1-7,12H,8H2,(H2,17,22)(H,18,21). The Kier molecular flexibility index (Phi) is 4.68. The molecular weight excluding hydrogens is 352 g/mol. The third-order valence-electron chi connectivity index (χ3n) is 3.29. The molecule has 0 spiro atoms. The van der Waals surface area contributed by atoms with Gasteiger partial charge in [0.25, 0.3) is 5.91 Å². The molecule has 2 aromatic rings. The number of thiophene rings is 1. The molecule has 1 aromatic carbocycles. The average molecular weight is 365 g/mol. The van der Waals surface area contributed by atoms with Gasteiger partial charge < -0.3 is 10.6 Å². The summed E-state index contributed by atoms with van der Waals surface area (Å²) in [5.41, 5.74) is 8.85. The molecule has 24 heavy (non-hydrogen) atoms. The molecule has 0 saturated heterocycles. The summed E-state index contributed by atoms with van der Waals surface area (Å²) < 4.78 is 0. The second-order valence-corrected chi connectivity index (χ2v) is 6.32. The highest BCUT2D eigenvalue weighted by molar-refractivity contribution is 7.12. The zero-order valence-electron chi connectivity index (χ0n) is 12.3. The fraction of sp³-hybridized carbons (Fsp3) is 0.133. The molecule has 1 aromatic heterocycles. The van der Waals surface area contributed by atoms with Crippen LogP contribution in [0.2, 0.25) is 5.02 Å². The van der Waals surface area contributed by atoms with Crippen molar-refractivity contribution < 1.29 is 14.4 Å². The van der Waals surface area contributed by atoms with Crippen molar-refractivity contribution in [1.29, 1.82) is 0 Å². The monoisotopic (exact) mass is 364 g/mol. The molecule has 0 saturated carbocycles. The number of carbonyl (C=O) groups excluding carboxylic acids is 2. The van der Waals surface area contributed by atoms with Gasteiger partial charge in [-0.05, 0) is 35.7 Å². The zero-order valence-corrected chi connectivity index (χ0v) is 13.9. The third-order valence-corrected chi connectivity index (χ3v) is 4.46. The number of urea groups is 1. The molecule has 0 radical (unpaired) electrons. The molecule has 9 heteroatoms. The van der Waals surface area contributed by atoms with Crippen molar-refractivity contribution in [2.24, 2.45) is 10.9 Å². The van der Waals surface area contributed by atoms with Crippen LogP contribution in [0.25, 0.3) is 0 Å². The number of nitrogens with zero attached hydrogens (tertiary/aromatic N) is 2. The number of hydrogen-bond donors (Lipinski definition) is 2. The number of rotatable bonds is 3. The number of amides is 3. The molecule has 3 N–H and O–H groups in total. The van der Waals surface area contributed by atoms with Crippen molar-refractivity contribution in [2.75, 3.05) is 5.01 Å². The van der Waals surface area contributed by atoms with Crippen LogP contribution >= 0.6 is 22.9 Å². The second-order valence-electron chi connectivity index (χ2n) is 4.94. The molecule has 7 nitrogen and oxygen atoms in total. The highest BCUT2D eigenvalue weighted by Gasteiger charge is 2.31. The first-order valence-corrected chi connectivity index (χ1v) is 8.22. The molecule has 1 atom stereocenters. The minimum absolute atomic E-state index is 0.319. The van der Waals surface area contributed by atoms with E-state index >= 15 is 0 Å². The SMILES string of the molecule is NC(=O)N(NC(=O)C1CC(c2cccs2)=NO1)c1ccc(Cl)cc1. The van der Waals surface area contributed by atoms with Crippen LogP contribution in [-0.4, -0.2) is 23.8 Å². The van der Waals surface area contributed by atoms with Crippen LogP contribution in [0.1, 0.15) is 11.3 Å². The molecule has 1 unspecified atom stereocenters. The van der Waals surface area contributed by atoms with Gasteiger partial charge in [-0.15, -0.1) is 11.3 Å². The number of carbonyl (C=O) groups is 2. The summed E-state index contributed by atoms with van der Waals surface area (Å²) in [5, 5.41) is 7.29. The van der Waals surface area contributed by atoms with Gasteiger partial charge in [-0.2, -0.15) is 0 Å². The predicted molar refractivity (Wildman–Crippen MR) is 92.0 cm³/mol. The van der Waals surface area contributed by atoms with E-state index in [1.165, 1.54) is 11.3 Å². The molecular formula is C15H13ClN4O3S. The number of anilines is 1.